The second-order valence-corrected chi connectivity index (χ2v) is 5.39. The van der Waals surface area contributed by atoms with Gasteiger partial charge in [-0.1, -0.05) is 30.5 Å². The molecule has 0 spiro atoms. The van der Waals surface area contributed by atoms with E-state index in [1.807, 2.05) is 0 Å². The first kappa shape index (κ1) is 13.3. The molecule has 2 nitrogen and oxygen atoms in total. The van der Waals surface area contributed by atoms with Gasteiger partial charge in [0.2, 0.25) is 0 Å². The Balaban J connectivity index is 2.28. The van der Waals surface area contributed by atoms with E-state index in [9.17, 15) is 9.65 Å². The Bertz CT molecular complexity index is 477. The van der Waals surface area contributed by atoms with Crippen molar-refractivity contribution in [2.45, 2.75) is 44.2 Å². The van der Waals surface area contributed by atoms with Gasteiger partial charge in [-0.25, -0.2) is 4.39 Å². The van der Waals surface area contributed by atoms with Gasteiger partial charge in [0.15, 0.2) is 0 Å². The van der Waals surface area contributed by atoms with Crippen LogP contribution in [0, 0.1) is 17.1 Å². The molecule has 0 aromatic heterocycles. The smallest absolute Gasteiger partial charge is 0.131 e. The van der Waals surface area contributed by atoms with Crippen molar-refractivity contribution in [1.29, 1.82) is 5.26 Å². The second-order valence-electron chi connectivity index (χ2n) is 4.99. The lowest BCUT2D eigenvalue weighted by molar-refractivity contribution is 0.388. The van der Waals surface area contributed by atoms with Gasteiger partial charge in [0, 0.05) is 16.6 Å². The molecule has 0 heterocycles. The average Bonchev–Trinajstić information content (AvgIpc) is 2.81. The number of nitrogens with one attached hydrogen (secondary N) is 1. The van der Waals surface area contributed by atoms with Gasteiger partial charge in [0.25, 0.3) is 0 Å². The molecule has 96 valence electrons. The molecule has 1 atom stereocenters. The van der Waals surface area contributed by atoms with E-state index in [-0.39, 0.29) is 5.82 Å². The summed E-state index contributed by atoms with van der Waals surface area (Å²) in [4.78, 5) is 0. The highest BCUT2D eigenvalue weighted by Crippen LogP contribution is 2.31. The molecule has 2 rings (SSSR count). The van der Waals surface area contributed by atoms with E-state index >= 15 is 0 Å². The minimum atomic E-state index is -0.861. The van der Waals surface area contributed by atoms with Crippen molar-refractivity contribution in [3.63, 3.8) is 0 Å². The highest BCUT2D eigenvalue weighted by Gasteiger charge is 2.32. The molecule has 1 N–H and O–H groups in total. The number of nitriles is 1. The maximum Gasteiger partial charge on any atom is 0.131 e. The minimum Gasteiger partial charge on any atom is -0.293 e. The topological polar surface area (TPSA) is 35.8 Å². The Labute approximate surface area is 112 Å². The second kappa shape index (κ2) is 5.26. The largest absolute Gasteiger partial charge is 0.293 e. The summed E-state index contributed by atoms with van der Waals surface area (Å²) >= 11 is 6.05. The fraction of sp³-hybridized carbons (Fsp3) is 0.500. The third-order valence-electron chi connectivity index (χ3n) is 3.54. The predicted molar refractivity (Wildman–Crippen MR) is 69.8 cm³/mol. The van der Waals surface area contributed by atoms with Gasteiger partial charge in [-0.2, -0.15) is 5.26 Å². The van der Waals surface area contributed by atoms with E-state index in [4.69, 9.17) is 11.6 Å². The van der Waals surface area contributed by atoms with E-state index in [1.165, 1.54) is 25.0 Å². The van der Waals surface area contributed by atoms with E-state index in [2.05, 4.69) is 11.4 Å². The molecular weight excluding hydrogens is 251 g/mol. The number of hydrogen-bond donors (Lipinski definition) is 1. The quantitative estimate of drug-likeness (QED) is 0.904. The minimum absolute atomic E-state index is 0.296. The summed E-state index contributed by atoms with van der Waals surface area (Å²) in [5.41, 5.74) is -0.222. The molecule has 1 aromatic carbocycles. The van der Waals surface area contributed by atoms with Gasteiger partial charge < -0.3 is 0 Å². The van der Waals surface area contributed by atoms with Crippen molar-refractivity contribution in [3.8, 4) is 6.07 Å². The molecule has 1 fully saturated rings. The zero-order valence-electron chi connectivity index (χ0n) is 10.3. The predicted octanol–water partition coefficient (Wildman–Crippen LogP) is 3.75. The summed E-state index contributed by atoms with van der Waals surface area (Å²) in [7, 11) is 0. The molecule has 0 amide bonds. The summed E-state index contributed by atoms with van der Waals surface area (Å²) < 4.78 is 13.1. The summed E-state index contributed by atoms with van der Waals surface area (Å²) in [6.07, 6.45) is 4.54. The van der Waals surface area contributed by atoms with Gasteiger partial charge in [-0.3, -0.25) is 5.32 Å². The van der Waals surface area contributed by atoms with Gasteiger partial charge >= 0.3 is 0 Å². The normalized spacial score (nSPS) is 19.4. The first-order valence-corrected chi connectivity index (χ1v) is 6.57. The molecule has 18 heavy (non-hydrogen) atoms. The van der Waals surface area contributed by atoms with Crippen LogP contribution < -0.4 is 5.32 Å². The van der Waals surface area contributed by atoms with Crippen LogP contribution >= 0.6 is 11.6 Å². The molecular formula is C14H16ClFN2. The Hall–Kier alpha value is -1.11. The van der Waals surface area contributed by atoms with Crippen molar-refractivity contribution >= 4 is 11.6 Å². The molecule has 0 bridgehead atoms. The van der Waals surface area contributed by atoms with Crippen LogP contribution in [-0.4, -0.2) is 6.04 Å². The molecule has 0 aliphatic heterocycles. The molecule has 1 aromatic rings. The van der Waals surface area contributed by atoms with Crippen molar-refractivity contribution in [3.05, 3.63) is 34.6 Å². The van der Waals surface area contributed by atoms with Crippen molar-refractivity contribution in [2.75, 3.05) is 0 Å². The zero-order chi connectivity index (χ0) is 13.2. The molecule has 0 radical (unpaired) electrons. The highest BCUT2D eigenvalue weighted by molar-refractivity contribution is 6.31. The maximum absolute atomic E-state index is 13.1. The summed E-state index contributed by atoms with van der Waals surface area (Å²) in [6, 6.07) is 6.79. The lowest BCUT2D eigenvalue weighted by Gasteiger charge is -2.28. The number of halogens is 2. The van der Waals surface area contributed by atoms with Crippen molar-refractivity contribution in [2.24, 2.45) is 0 Å². The number of benzene rings is 1. The highest BCUT2D eigenvalue weighted by atomic mass is 35.5. The average molecular weight is 267 g/mol. The summed E-state index contributed by atoms with van der Waals surface area (Å²) in [6.45, 7) is 1.80. The Morgan fingerprint density at radius 1 is 1.44 bits per heavy atom. The van der Waals surface area contributed by atoms with Crippen LogP contribution in [0.2, 0.25) is 5.02 Å². The molecule has 1 saturated carbocycles. The Morgan fingerprint density at radius 2 is 2.11 bits per heavy atom. The lowest BCUT2D eigenvalue weighted by Crippen LogP contribution is -2.44. The van der Waals surface area contributed by atoms with Crippen molar-refractivity contribution in [1.82, 2.24) is 5.32 Å². The monoisotopic (exact) mass is 266 g/mol. The first-order chi connectivity index (χ1) is 8.55. The molecule has 4 heteroatoms. The number of rotatable bonds is 3. The molecule has 1 aliphatic carbocycles. The van der Waals surface area contributed by atoms with E-state index in [0.717, 1.165) is 12.8 Å². The third kappa shape index (κ3) is 2.66. The van der Waals surface area contributed by atoms with Crippen LogP contribution in [0.15, 0.2) is 18.2 Å². The third-order valence-corrected chi connectivity index (χ3v) is 3.85. The van der Waals surface area contributed by atoms with E-state index in [1.54, 1.807) is 13.0 Å². The first-order valence-electron chi connectivity index (χ1n) is 6.19. The fourth-order valence-corrected chi connectivity index (χ4v) is 2.90. The van der Waals surface area contributed by atoms with Crippen LogP contribution in [0.1, 0.15) is 38.2 Å². The van der Waals surface area contributed by atoms with Gasteiger partial charge in [-0.15, -0.1) is 0 Å². The summed E-state index contributed by atoms with van der Waals surface area (Å²) in [5.74, 6) is -0.384. The fourth-order valence-electron chi connectivity index (χ4n) is 2.54. The summed E-state index contributed by atoms with van der Waals surface area (Å²) in [5, 5.41) is 13.1. The SMILES string of the molecule is CC(C#N)(NC1CCCC1)c1ccc(F)cc1Cl. The Kier molecular flexibility index (Phi) is 3.89. The Morgan fingerprint density at radius 3 is 2.67 bits per heavy atom. The van der Waals surface area contributed by atoms with Crippen LogP contribution in [0.3, 0.4) is 0 Å². The maximum atomic E-state index is 13.1. The lowest BCUT2D eigenvalue weighted by atomic mass is 9.92. The van der Waals surface area contributed by atoms with Crippen LogP contribution in [0.25, 0.3) is 0 Å². The molecule has 1 aliphatic rings. The van der Waals surface area contributed by atoms with Crippen LogP contribution in [-0.2, 0) is 5.54 Å². The molecule has 1 unspecified atom stereocenters. The van der Waals surface area contributed by atoms with E-state index < -0.39 is 5.54 Å². The van der Waals surface area contributed by atoms with Gasteiger partial charge in [-0.05, 0) is 31.9 Å². The number of hydrogen-bond acceptors (Lipinski definition) is 2. The van der Waals surface area contributed by atoms with Crippen LogP contribution in [0.5, 0.6) is 0 Å². The van der Waals surface area contributed by atoms with Crippen LogP contribution in [0.4, 0.5) is 4.39 Å². The standard InChI is InChI=1S/C14H16ClFN2/c1-14(9-17,18-11-4-2-3-5-11)12-7-6-10(16)8-13(12)15/h6-8,11,18H,2-5H2,1H3. The zero-order valence-corrected chi connectivity index (χ0v) is 11.1. The van der Waals surface area contributed by atoms with Gasteiger partial charge in [0.1, 0.15) is 11.4 Å². The van der Waals surface area contributed by atoms with Gasteiger partial charge in [0.05, 0.1) is 6.07 Å². The van der Waals surface area contributed by atoms with E-state index in [0.29, 0.717) is 16.6 Å². The van der Waals surface area contributed by atoms with Crippen molar-refractivity contribution < 1.29 is 4.39 Å². The number of nitrogens with zero attached hydrogens (tertiary/aromatic N) is 1. The molecule has 0 saturated heterocycles.